The van der Waals surface area contributed by atoms with E-state index in [1.165, 1.54) is 11.3 Å². The van der Waals surface area contributed by atoms with Crippen molar-refractivity contribution in [3.63, 3.8) is 0 Å². The van der Waals surface area contributed by atoms with Crippen molar-refractivity contribution in [1.29, 1.82) is 0 Å². The minimum Gasteiger partial charge on any atom is -0.396 e. The quantitative estimate of drug-likeness (QED) is 0.579. The molecule has 2 aliphatic carbocycles. The molecule has 0 spiro atoms. The van der Waals surface area contributed by atoms with Crippen molar-refractivity contribution < 1.29 is 9.90 Å². The summed E-state index contributed by atoms with van der Waals surface area (Å²) in [5, 5.41) is 12.5. The maximum absolute atomic E-state index is 12.8. The zero-order valence-electron chi connectivity index (χ0n) is 18.1. The second-order valence-electron chi connectivity index (χ2n) is 8.48. The number of carbonyl (C=O) groups is 1. The molecule has 2 rings (SSSR count). The second kappa shape index (κ2) is 11.3. The highest BCUT2D eigenvalue weighted by Crippen LogP contribution is 2.32. The van der Waals surface area contributed by atoms with Gasteiger partial charge in [-0.3, -0.25) is 4.79 Å². The van der Waals surface area contributed by atoms with Gasteiger partial charge in [0.1, 0.15) is 0 Å². The number of hydrogen-bond acceptors (Lipinski definition) is 3. The van der Waals surface area contributed by atoms with E-state index in [0.29, 0.717) is 30.7 Å². The van der Waals surface area contributed by atoms with Gasteiger partial charge in [0.25, 0.3) is 0 Å². The van der Waals surface area contributed by atoms with E-state index in [1.807, 2.05) is 0 Å². The van der Waals surface area contributed by atoms with Gasteiger partial charge >= 0.3 is 0 Å². The van der Waals surface area contributed by atoms with Gasteiger partial charge in [0.2, 0.25) is 5.91 Å². The molecule has 0 aromatic carbocycles. The van der Waals surface area contributed by atoms with Crippen LogP contribution in [0.2, 0.25) is 0 Å². The van der Waals surface area contributed by atoms with Crippen molar-refractivity contribution in [2.45, 2.75) is 59.8 Å². The lowest BCUT2D eigenvalue weighted by Crippen LogP contribution is -2.35. The van der Waals surface area contributed by atoms with Gasteiger partial charge in [-0.1, -0.05) is 52.0 Å². The predicted molar refractivity (Wildman–Crippen MR) is 116 cm³/mol. The van der Waals surface area contributed by atoms with Gasteiger partial charge in [-0.05, 0) is 49.2 Å². The topological polar surface area (TPSA) is 52.6 Å². The molecule has 28 heavy (non-hydrogen) atoms. The monoisotopic (exact) mass is 386 g/mol. The second-order valence-corrected chi connectivity index (χ2v) is 8.48. The van der Waals surface area contributed by atoms with Crippen molar-refractivity contribution in [3.8, 4) is 0 Å². The molecule has 1 atom stereocenters. The van der Waals surface area contributed by atoms with E-state index in [2.05, 4.69) is 68.3 Å². The molecule has 0 fully saturated rings. The molecule has 1 amide bonds. The SMILES string of the molecule is CC(C)C1=C(NC(=O)CCN(CCCO)C2=CCCC=C2)C(C(C)C)CC=C1. The number of rotatable bonds is 10. The molecule has 156 valence electrons. The Kier molecular flexibility index (Phi) is 9.04. The fraction of sp³-hybridized carbons (Fsp3) is 0.625. The Balaban J connectivity index is 2.04. The molecule has 0 aromatic rings. The molecule has 2 aliphatic rings. The van der Waals surface area contributed by atoms with Crippen LogP contribution in [0.3, 0.4) is 0 Å². The summed E-state index contributed by atoms with van der Waals surface area (Å²) in [5.41, 5.74) is 3.56. The van der Waals surface area contributed by atoms with Gasteiger partial charge in [0, 0.05) is 43.4 Å². The molecule has 0 aromatic heterocycles. The zero-order valence-corrected chi connectivity index (χ0v) is 18.1. The standard InChI is InChI=1S/C24H38N2O2/c1-18(2)21-12-8-13-22(19(3)4)24(21)25-23(28)14-16-26(15-9-17-27)20-10-6-5-7-11-20/h6,8,10-12,18-19,22,27H,5,7,9,13-17H2,1-4H3,(H,25,28). The van der Waals surface area contributed by atoms with Gasteiger partial charge in [0.05, 0.1) is 0 Å². The van der Waals surface area contributed by atoms with Crippen LogP contribution in [0.15, 0.2) is 47.3 Å². The Morgan fingerprint density at radius 1 is 1.18 bits per heavy atom. The van der Waals surface area contributed by atoms with Crippen molar-refractivity contribution in [1.82, 2.24) is 10.2 Å². The van der Waals surface area contributed by atoms with E-state index < -0.39 is 0 Å². The third kappa shape index (κ3) is 6.37. The summed E-state index contributed by atoms with van der Waals surface area (Å²) in [6.07, 6.45) is 15.3. The van der Waals surface area contributed by atoms with E-state index in [0.717, 1.165) is 37.9 Å². The molecule has 4 heteroatoms. The van der Waals surface area contributed by atoms with E-state index in [4.69, 9.17) is 0 Å². The Hall–Kier alpha value is -1.81. The van der Waals surface area contributed by atoms with E-state index >= 15 is 0 Å². The number of aliphatic hydroxyl groups is 1. The summed E-state index contributed by atoms with van der Waals surface area (Å²) in [7, 11) is 0. The van der Waals surface area contributed by atoms with Crippen LogP contribution >= 0.6 is 0 Å². The van der Waals surface area contributed by atoms with Gasteiger partial charge in [-0.25, -0.2) is 0 Å². The van der Waals surface area contributed by atoms with Crippen LogP contribution in [0.25, 0.3) is 0 Å². The summed E-state index contributed by atoms with van der Waals surface area (Å²) in [4.78, 5) is 15.1. The summed E-state index contributed by atoms with van der Waals surface area (Å²) in [6, 6.07) is 0. The smallest absolute Gasteiger partial charge is 0.225 e. The fourth-order valence-electron chi connectivity index (χ4n) is 3.95. The number of nitrogens with zero attached hydrogens (tertiary/aromatic N) is 1. The molecule has 0 aliphatic heterocycles. The first kappa shape index (κ1) is 22.5. The Morgan fingerprint density at radius 3 is 2.57 bits per heavy atom. The summed E-state index contributed by atoms with van der Waals surface area (Å²) in [6.45, 7) is 10.5. The lowest BCUT2D eigenvalue weighted by Gasteiger charge is -2.31. The Labute approximate surface area is 171 Å². The van der Waals surface area contributed by atoms with Gasteiger partial charge in [0.15, 0.2) is 0 Å². The lowest BCUT2D eigenvalue weighted by atomic mass is 9.81. The third-order valence-electron chi connectivity index (χ3n) is 5.61. The molecule has 0 saturated heterocycles. The molecule has 2 N–H and O–H groups in total. The summed E-state index contributed by atoms with van der Waals surface area (Å²) < 4.78 is 0. The maximum Gasteiger partial charge on any atom is 0.225 e. The molecule has 0 saturated carbocycles. The van der Waals surface area contributed by atoms with Crippen LogP contribution in [-0.2, 0) is 4.79 Å². The molecule has 1 unspecified atom stereocenters. The highest BCUT2D eigenvalue weighted by Gasteiger charge is 2.25. The van der Waals surface area contributed by atoms with Gasteiger partial charge in [-0.15, -0.1) is 0 Å². The fourth-order valence-corrected chi connectivity index (χ4v) is 3.95. The van der Waals surface area contributed by atoms with Gasteiger partial charge < -0.3 is 15.3 Å². The third-order valence-corrected chi connectivity index (χ3v) is 5.61. The molecule has 0 bridgehead atoms. The first-order valence-electron chi connectivity index (χ1n) is 10.9. The molecule has 4 nitrogen and oxygen atoms in total. The van der Waals surface area contributed by atoms with Crippen LogP contribution in [-0.4, -0.2) is 35.6 Å². The minimum atomic E-state index is 0.0866. The first-order valence-corrected chi connectivity index (χ1v) is 10.9. The molecular weight excluding hydrogens is 348 g/mol. The number of amides is 1. The molecular formula is C24H38N2O2. The average molecular weight is 387 g/mol. The van der Waals surface area contributed by atoms with Crippen molar-refractivity contribution in [3.05, 3.63) is 47.3 Å². The number of nitrogens with one attached hydrogen (secondary N) is 1. The largest absolute Gasteiger partial charge is 0.396 e. The predicted octanol–water partition coefficient (Wildman–Crippen LogP) is 4.55. The number of allylic oxidation sites excluding steroid dienone is 7. The molecule has 0 radical (unpaired) electrons. The van der Waals surface area contributed by atoms with E-state index in [9.17, 15) is 9.90 Å². The minimum absolute atomic E-state index is 0.0866. The van der Waals surface area contributed by atoms with Crippen LogP contribution in [0, 0.1) is 17.8 Å². The summed E-state index contributed by atoms with van der Waals surface area (Å²) >= 11 is 0. The number of aliphatic hydroxyl groups excluding tert-OH is 1. The summed E-state index contributed by atoms with van der Waals surface area (Å²) in [5.74, 6) is 1.35. The van der Waals surface area contributed by atoms with E-state index in [1.54, 1.807) is 0 Å². The van der Waals surface area contributed by atoms with Crippen LogP contribution in [0.5, 0.6) is 0 Å². The maximum atomic E-state index is 12.8. The highest BCUT2D eigenvalue weighted by atomic mass is 16.3. The van der Waals surface area contributed by atoms with Crippen molar-refractivity contribution in [2.75, 3.05) is 19.7 Å². The molecule has 0 heterocycles. The van der Waals surface area contributed by atoms with Gasteiger partial charge in [-0.2, -0.15) is 0 Å². The van der Waals surface area contributed by atoms with Crippen molar-refractivity contribution in [2.24, 2.45) is 17.8 Å². The van der Waals surface area contributed by atoms with Crippen LogP contribution in [0.1, 0.15) is 59.8 Å². The first-order chi connectivity index (χ1) is 13.4. The average Bonchev–Trinajstić information content (AvgIpc) is 2.68. The lowest BCUT2D eigenvalue weighted by molar-refractivity contribution is -0.120. The Morgan fingerprint density at radius 2 is 1.96 bits per heavy atom. The van der Waals surface area contributed by atoms with E-state index in [-0.39, 0.29) is 12.5 Å². The Bertz CT molecular complexity index is 641. The highest BCUT2D eigenvalue weighted by molar-refractivity contribution is 5.78. The van der Waals surface area contributed by atoms with Crippen molar-refractivity contribution >= 4 is 5.91 Å². The van der Waals surface area contributed by atoms with Crippen LogP contribution < -0.4 is 5.32 Å². The van der Waals surface area contributed by atoms with Crippen LogP contribution in [0.4, 0.5) is 0 Å². The zero-order chi connectivity index (χ0) is 20.5. The number of carbonyl (C=O) groups excluding carboxylic acids is 1. The normalized spacial score (nSPS) is 19.4. The number of hydrogen-bond donors (Lipinski definition) is 2.